The molecule has 0 saturated carbocycles. The molecule has 1 atom stereocenters. The van der Waals surface area contributed by atoms with Crippen molar-refractivity contribution >= 4 is 10.9 Å². The fourth-order valence-electron chi connectivity index (χ4n) is 3.68. The van der Waals surface area contributed by atoms with E-state index >= 15 is 0 Å². The quantitative estimate of drug-likeness (QED) is 0.884. The number of hydrogen-bond donors (Lipinski definition) is 1. The molecule has 3 rings (SSSR count). The number of hydrogen-bond acceptors (Lipinski definition) is 4. The molecule has 2 aromatic rings. The molecule has 1 aliphatic heterocycles. The molecule has 1 N–H and O–H groups in total. The normalized spacial score (nSPS) is 22.0. The number of aliphatic hydroxyl groups excluding tert-OH is 1. The Hall–Kier alpha value is -1.72. The largest absolute Gasteiger partial charge is 0.396 e. The molecule has 0 radical (unpaired) electrons. The summed E-state index contributed by atoms with van der Waals surface area (Å²) < 4.78 is 1.70. The molecule has 0 bridgehead atoms. The Balaban J connectivity index is 1.68. The van der Waals surface area contributed by atoms with Crippen LogP contribution in [0.2, 0.25) is 0 Å². The van der Waals surface area contributed by atoms with E-state index in [4.69, 9.17) is 0 Å². The Morgan fingerprint density at radius 2 is 2.13 bits per heavy atom. The van der Waals surface area contributed by atoms with Gasteiger partial charge in [-0.25, -0.2) is 4.98 Å². The van der Waals surface area contributed by atoms with Crippen molar-refractivity contribution in [1.29, 1.82) is 0 Å². The summed E-state index contributed by atoms with van der Waals surface area (Å²) >= 11 is 0. The Morgan fingerprint density at radius 1 is 1.30 bits per heavy atom. The Kier molecular flexibility index (Phi) is 4.78. The molecule has 1 fully saturated rings. The predicted octanol–water partition coefficient (Wildman–Crippen LogP) is 1.88. The Labute approximate surface area is 136 Å². The van der Waals surface area contributed by atoms with Gasteiger partial charge in [-0.3, -0.25) is 9.36 Å². The molecule has 2 heterocycles. The van der Waals surface area contributed by atoms with E-state index in [1.807, 2.05) is 24.3 Å². The molecular weight excluding hydrogens is 290 g/mol. The highest BCUT2D eigenvalue weighted by atomic mass is 16.3. The summed E-state index contributed by atoms with van der Waals surface area (Å²) in [5, 5.41) is 10.4. The summed E-state index contributed by atoms with van der Waals surface area (Å²) in [5.74, 6) is 0. The van der Waals surface area contributed by atoms with Crippen molar-refractivity contribution in [2.24, 2.45) is 5.41 Å². The molecule has 0 aliphatic carbocycles. The Bertz CT molecular complexity index is 728. The van der Waals surface area contributed by atoms with Crippen LogP contribution in [-0.2, 0) is 6.54 Å². The number of benzene rings is 1. The van der Waals surface area contributed by atoms with Crippen molar-refractivity contribution < 1.29 is 5.11 Å². The minimum absolute atomic E-state index is 0.0248. The zero-order chi connectivity index (χ0) is 16.3. The highest BCUT2D eigenvalue weighted by Gasteiger charge is 2.36. The van der Waals surface area contributed by atoms with E-state index in [-0.39, 0.29) is 17.6 Å². The zero-order valence-electron chi connectivity index (χ0n) is 13.7. The van der Waals surface area contributed by atoms with Crippen LogP contribution in [0.3, 0.4) is 0 Å². The number of likely N-dealkylation sites (tertiary alicyclic amines) is 1. The minimum atomic E-state index is 0.0248. The van der Waals surface area contributed by atoms with Crippen LogP contribution in [0.5, 0.6) is 0 Å². The first-order chi connectivity index (χ1) is 11.2. The molecule has 0 amide bonds. The van der Waals surface area contributed by atoms with Crippen molar-refractivity contribution in [2.45, 2.75) is 32.7 Å². The molecule has 1 aliphatic rings. The topological polar surface area (TPSA) is 58.4 Å². The van der Waals surface area contributed by atoms with Crippen LogP contribution in [0.15, 0.2) is 35.4 Å². The van der Waals surface area contributed by atoms with Crippen molar-refractivity contribution in [3.05, 3.63) is 40.9 Å². The van der Waals surface area contributed by atoms with Crippen LogP contribution in [0.25, 0.3) is 10.9 Å². The third-order valence-electron chi connectivity index (χ3n) is 5.02. The standard InChI is InChI=1S/C18H25N3O2/c1-2-7-18(13-22)8-9-20(12-18)10-11-21-14-19-16-6-4-3-5-15(16)17(21)23/h3-6,14,22H,2,7-13H2,1H3. The van der Waals surface area contributed by atoms with E-state index in [1.165, 1.54) is 0 Å². The number of aliphatic hydroxyl groups is 1. The van der Waals surface area contributed by atoms with Gasteiger partial charge in [-0.2, -0.15) is 0 Å². The van der Waals surface area contributed by atoms with Gasteiger partial charge < -0.3 is 10.0 Å². The van der Waals surface area contributed by atoms with Gasteiger partial charge in [0, 0.05) is 31.7 Å². The molecule has 1 aromatic carbocycles. The smallest absolute Gasteiger partial charge is 0.261 e. The maximum atomic E-state index is 12.5. The van der Waals surface area contributed by atoms with E-state index in [0.717, 1.165) is 44.4 Å². The maximum absolute atomic E-state index is 12.5. The third kappa shape index (κ3) is 3.31. The molecule has 124 valence electrons. The van der Waals surface area contributed by atoms with Crippen LogP contribution in [0.4, 0.5) is 0 Å². The lowest BCUT2D eigenvalue weighted by Gasteiger charge is -2.26. The summed E-state index contributed by atoms with van der Waals surface area (Å²) in [6.45, 7) is 5.81. The fraction of sp³-hybridized carbons (Fsp3) is 0.556. The van der Waals surface area contributed by atoms with Crippen molar-refractivity contribution in [3.8, 4) is 0 Å². The summed E-state index contributed by atoms with van der Waals surface area (Å²) in [6.07, 6.45) is 4.86. The first kappa shape index (κ1) is 16.1. The molecule has 5 heteroatoms. The lowest BCUT2D eigenvalue weighted by molar-refractivity contribution is 0.117. The lowest BCUT2D eigenvalue weighted by Crippen LogP contribution is -2.33. The second kappa shape index (κ2) is 6.81. The summed E-state index contributed by atoms with van der Waals surface area (Å²) in [5.41, 5.74) is 0.829. The van der Waals surface area contributed by atoms with Gasteiger partial charge >= 0.3 is 0 Å². The van der Waals surface area contributed by atoms with Gasteiger partial charge in [0.2, 0.25) is 0 Å². The number of para-hydroxylation sites is 1. The summed E-state index contributed by atoms with van der Waals surface area (Å²) in [4.78, 5) is 19.2. The SMILES string of the molecule is CCCC1(CO)CCN(CCn2cnc3ccccc3c2=O)C1. The van der Waals surface area contributed by atoms with E-state index in [2.05, 4.69) is 16.8 Å². The summed E-state index contributed by atoms with van der Waals surface area (Å²) in [6, 6.07) is 7.46. The molecular formula is C18H25N3O2. The Morgan fingerprint density at radius 3 is 2.91 bits per heavy atom. The van der Waals surface area contributed by atoms with Crippen molar-refractivity contribution in [3.63, 3.8) is 0 Å². The van der Waals surface area contributed by atoms with Gasteiger partial charge in [-0.1, -0.05) is 25.5 Å². The van der Waals surface area contributed by atoms with Gasteiger partial charge in [0.1, 0.15) is 0 Å². The van der Waals surface area contributed by atoms with Gasteiger partial charge in [-0.05, 0) is 31.5 Å². The fourth-order valence-corrected chi connectivity index (χ4v) is 3.68. The molecule has 1 unspecified atom stereocenters. The van der Waals surface area contributed by atoms with E-state index in [9.17, 15) is 9.90 Å². The molecule has 1 aromatic heterocycles. The van der Waals surface area contributed by atoms with Gasteiger partial charge in [-0.15, -0.1) is 0 Å². The average Bonchev–Trinajstić information content (AvgIpc) is 2.99. The second-order valence-corrected chi connectivity index (χ2v) is 6.69. The maximum Gasteiger partial charge on any atom is 0.261 e. The first-order valence-corrected chi connectivity index (χ1v) is 8.45. The molecule has 23 heavy (non-hydrogen) atoms. The zero-order valence-corrected chi connectivity index (χ0v) is 13.7. The van der Waals surface area contributed by atoms with Crippen LogP contribution >= 0.6 is 0 Å². The van der Waals surface area contributed by atoms with E-state index in [0.29, 0.717) is 11.9 Å². The van der Waals surface area contributed by atoms with Crippen LogP contribution < -0.4 is 5.56 Å². The minimum Gasteiger partial charge on any atom is -0.396 e. The van der Waals surface area contributed by atoms with Crippen molar-refractivity contribution in [2.75, 3.05) is 26.2 Å². The first-order valence-electron chi connectivity index (χ1n) is 8.45. The van der Waals surface area contributed by atoms with Crippen molar-refractivity contribution in [1.82, 2.24) is 14.5 Å². The molecule has 5 nitrogen and oxygen atoms in total. The number of rotatable bonds is 6. The van der Waals surface area contributed by atoms with Crippen LogP contribution in [-0.4, -0.2) is 45.8 Å². The van der Waals surface area contributed by atoms with Gasteiger partial charge in [0.15, 0.2) is 0 Å². The van der Waals surface area contributed by atoms with E-state index in [1.54, 1.807) is 10.9 Å². The predicted molar refractivity (Wildman–Crippen MR) is 91.5 cm³/mol. The van der Waals surface area contributed by atoms with Crippen LogP contribution in [0.1, 0.15) is 26.2 Å². The summed E-state index contributed by atoms with van der Waals surface area (Å²) in [7, 11) is 0. The third-order valence-corrected chi connectivity index (χ3v) is 5.02. The van der Waals surface area contributed by atoms with E-state index < -0.39 is 0 Å². The number of aromatic nitrogens is 2. The van der Waals surface area contributed by atoms with Gasteiger partial charge in [0.25, 0.3) is 5.56 Å². The molecule has 0 spiro atoms. The highest BCUT2D eigenvalue weighted by Crippen LogP contribution is 2.34. The average molecular weight is 315 g/mol. The van der Waals surface area contributed by atoms with Gasteiger partial charge in [0.05, 0.1) is 17.2 Å². The number of nitrogens with zero attached hydrogens (tertiary/aromatic N) is 3. The highest BCUT2D eigenvalue weighted by molar-refractivity contribution is 5.76. The lowest BCUT2D eigenvalue weighted by atomic mass is 9.83. The van der Waals surface area contributed by atoms with Crippen LogP contribution in [0, 0.1) is 5.41 Å². The second-order valence-electron chi connectivity index (χ2n) is 6.69. The number of fused-ring (bicyclic) bond motifs is 1. The monoisotopic (exact) mass is 315 g/mol. The molecule has 1 saturated heterocycles.